The fourth-order valence-corrected chi connectivity index (χ4v) is 4.16. The summed E-state index contributed by atoms with van der Waals surface area (Å²) in [6, 6.07) is 9.83. The zero-order chi connectivity index (χ0) is 14.6. The molecular formula is C15H23NO3S. The van der Waals surface area contributed by atoms with Crippen LogP contribution in [-0.4, -0.2) is 37.7 Å². The van der Waals surface area contributed by atoms with Crippen LogP contribution in [0, 0.1) is 0 Å². The number of unbranched alkanes of at least 4 members (excludes halogenated alkanes) is 1. The van der Waals surface area contributed by atoms with Crippen LogP contribution in [0.2, 0.25) is 0 Å². The Balaban J connectivity index is 2.12. The maximum absolute atomic E-state index is 12.3. The molecule has 0 amide bonds. The van der Waals surface area contributed by atoms with Crippen LogP contribution >= 0.6 is 0 Å². The molecule has 0 saturated carbocycles. The molecule has 0 N–H and O–H groups in total. The van der Waals surface area contributed by atoms with E-state index in [4.69, 9.17) is 4.74 Å². The Morgan fingerprint density at radius 3 is 2.60 bits per heavy atom. The summed E-state index contributed by atoms with van der Waals surface area (Å²) >= 11 is 0. The normalized spacial score (nSPS) is 24.7. The van der Waals surface area contributed by atoms with Crippen molar-refractivity contribution >= 4 is 10.0 Å². The van der Waals surface area contributed by atoms with Crippen LogP contribution in [0.25, 0.3) is 0 Å². The van der Waals surface area contributed by atoms with Gasteiger partial charge in [-0.2, -0.15) is 4.31 Å². The van der Waals surface area contributed by atoms with E-state index in [1.54, 1.807) is 4.31 Å². The van der Waals surface area contributed by atoms with Crippen molar-refractivity contribution in [1.82, 2.24) is 4.31 Å². The summed E-state index contributed by atoms with van der Waals surface area (Å²) in [4.78, 5) is 0. The summed E-state index contributed by atoms with van der Waals surface area (Å²) in [6.07, 6.45) is 1.35. The molecule has 1 aliphatic heterocycles. The first-order valence-corrected chi connectivity index (χ1v) is 8.82. The van der Waals surface area contributed by atoms with E-state index in [1.165, 1.54) is 0 Å². The quantitative estimate of drug-likeness (QED) is 0.839. The summed E-state index contributed by atoms with van der Waals surface area (Å²) < 4.78 is 32.2. The summed E-state index contributed by atoms with van der Waals surface area (Å²) in [5, 5.41) is 0. The highest BCUT2D eigenvalue weighted by Gasteiger charge is 2.32. The summed E-state index contributed by atoms with van der Waals surface area (Å²) in [7, 11) is -3.17. The lowest BCUT2D eigenvalue weighted by Gasteiger charge is -2.36. The Morgan fingerprint density at radius 2 is 1.95 bits per heavy atom. The monoisotopic (exact) mass is 297 g/mol. The number of hydrogen-bond acceptors (Lipinski definition) is 3. The zero-order valence-electron chi connectivity index (χ0n) is 12.2. The number of sulfonamides is 1. The summed E-state index contributed by atoms with van der Waals surface area (Å²) in [6.45, 7) is 4.80. The number of nitrogens with zero attached hydrogens (tertiary/aromatic N) is 1. The van der Waals surface area contributed by atoms with E-state index < -0.39 is 10.0 Å². The maximum Gasteiger partial charge on any atom is 0.214 e. The smallest absolute Gasteiger partial charge is 0.214 e. The molecule has 1 aromatic rings. The van der Waals surface area contributed by atoms with Crippen LogP contribution in [-0.2, 0) is 14.8 Å². The lowest BCUT2D eigenvalue weighted by Crippen LogP contribution is -2.46. The minimum Gasteiger partial charge on any atom is -0.368 e. The molecule has 0 spiro atoms. The van der Waals surface area contributed by atoms with Crippen LogP contribution in [0.5, 0.6) is 0 Å². The molecule has 112 valence electrons. The van der Waals surface area contributed by atoms with Gasteiger partial charge in [-0.1, -0.05) is 43.7 Å². The van der Waals surface area contributed by atoms with Gasteiger partial charge in [-0.3, -0.25) is 0 Å². The van der Waals surface area contributed by atoms with E-state index >= 15 is 0 Å². The molecule has 2 rings (SSSR count). The molecule has 1 aromatic carbocycles. The van der Waals surface area contributed by atoms with Crippen molar-refractivity contribution in [3.05, 3.63) is 35.9 Å². The molecule has 2 atom stereocenters. The van der Waals surface area contributed by atoms with E-state index in [1.807, 2.05) is 44.2 Å². The number of ether oxygens (including phenoxy) is 1. The van der Waals surface area contributed by atoms with Crippen molar-refractivity contribution in [3.8, 4) is 0 Å². The molecule has 1 fully saturated rings. The van der Waals surface area contributed by atoms with E-state index in [-0.39, 0.29) is 18.0 Å². The second kappa shape index (κ2) is 6.70. The predicted molar refractivity (Wildman–Crippen MR) is 80.0 cm³/mol. The lowest BCUT2D eigenvalue weighted by atomic mass is 10.1. The van der Waals surface area contributed by atoms with Gasteiger partial charge in [0.2, 0.25) is 10.0 Å². The van der Waals surface area contributed by atoms with Gasteiger partial charge in [0.15, 0.2) is 0 Å². The minimum absolute atomic E-state index is 0.0784. The molecule has 1 saturated heterocycles. The molecule has 4 nitrogen and oxygen atoms in total. The molecule has 0 aromatic heterocycles. The molecule has 0 aliphatic carbocycles. The van der Waals surface area contributed by atoms with Gasteiger partial charge in [-0.15, -0.1) is 0 Å². The van der Waals surface area contributed by atoms with Gasteiger partial charge >= 0.3 is 0 Å². The van der Waals surface area contributed by atoms with Gasteiger partial charge in [0, 0.05) is 13.1 Å². The minimum atomic E-state index is -3.17. The first kappa shape index (κ1) is 15.5. The van der Waals surface area contributed by atoms with E-state index in [2.05, 4.69) is 0 Å². The molecule has 5 heteroatoms. The van der Waals surface area contributed by atoms with Gasteiger partial charge in [-0.25, -0.2) is 8.42 Å². The van der Waals surface area contributed by atoms with Gasteiger partial charge in [0.25, 0.3) is 0 Å². The van der Waals surface area contributed by atoms with Crippen molar-refractivity contribution in [1.29, 1.82) is 0 Å². The van der Waals surface area contributed by atoms with Crippen molar-refractivity contribution in [3.63, 3.8) is 0 Å². The van der Waals surface area contributed by atoms with Crippen LogP contribution in [0.15, 0.2) is 30.3 Å². The largest absolute Gasteiger partial charge is 0.368 e. The number of rotatable bonds is 5. The van der Waals surface area contributed by atoms with Gasteiger partial charge < -0.3 is 4.74 Å². The fourth-order valence-electron chi connectivity index (χ4n) is 2.45. The molecule has 1 aliphatic rings. The third-order valence-electron chi connectivity index (χ3n) is 3.55. The maximum atomic E-state index is 12.3. The van der Waals surface area contributed by atoms with Crippen LogP contribution in [0.3, 0.4) is 0 Å². The Labute approximate surface area is 121 Å². The summed E-state index contributed by atoms with van der Waals surface area (Å²) in [5.74, 6) is 0.234. The lowest BCUT2D eigenvalue weighted by molar-refractivity contribution is -0.0556. The van der Waals surface area contributed by atoms with Crippen molar-refractivity contribution in [2.75, 3.05) is 18.8 Å². The Bertz CT molecular complexity index is 515. The molecule has 1 heterocycles. The highest BCUT2D eigenvalue weighted by molar-refractivity contribution is 7.89. The van der Waals surface area contributed by atoms with E-state index in [9.17, 15) is 8.42 Å². The first-order valence-electron chi connectivity index (χ1n) is 7.21. The Hall–Kier alpha value is -0.910. The number of morpholine rings is 1. The van der Waals surface area contributed by atoms with Crippen molar-refractivity contribution in [2.45, 2.75) is 38.9 Å². The SMILES string of the molecule is CCCCS(=O)(=O)N1CC(C)OC(c2ccccc2)C1. The second-order valence-electron chi connectivity index (χ2n) is 5.33. The molecular weight excluding hydrogens is 274 g/mol. The standard InChI is InChI=1S/C15H23NO3S/c1-3-4-10-20(17,18)16-11-13(2)19-15(12-16)14-8-6-5-7-9-14/h5-9,13,15H,3-4,10-12H2,1-2H3. The van der Waals surface area contributed by atoms with Crippen molar-refractivity contribution in [2.24, 2.45) is 0 Å². The van der Waals surface area contributed by atoms with Crippen LogP contribution in [0.4, 0.5) is 0 Å². The van der Waals surface area contributed by atoms with Gasteiger partial charge in [0.1, 0.15) is 0 Å². The highest BCUT2D eigenvalue weighted by atomic mass is 32.2. The fraction of sp³-hybridized carbons (Fsp3) is 0.600. The van der Waals surface area contributed by atoms with Gasteiger partial charge in [0.05, 0.1) is 18.0 Å². The molecule has 2 unspecified atom stereocenters. The average molecular weight is 297 g/mol. The predicted octanol–water partition coefficient (Wildman–Crippen LogP) is 2.58. The third-order valence-corrected chi connectivity index (χ3v) is 5.44. The van der Waals surface area contributed by atoms with Gasteiger partial charge in [-0.05, 0) is 18.9 Å². The van der Waals surface area contributed by atoms with E-state index in [0.29, 0.717) is 19.5 Å². The highest BCUT2D eigenvalue weighted by Crippen LogP contribution is 2.26. The Morgan fingerprint density at radius 1 is 1.25 bits per heavy atom. The van der Waals surface area contributed by atoms with Crippen molar-refractivity contribution < 1.29 is 13.2 Å². The molecule has 20 heavy (non-hydrogen) atoms. The molecule has 0 radical (unpaired) electrons. The Kier molecular flexibility index (Phi) is 5.18. The number of hydrogen-bond donors (Lipinski definition) is 0. The first-order chi connectivity index (χ1) is 9.53. The van der Waals surface area contributed by atoms with Crippen LogP contribution < -0.4 is 0 Å². The number of benzene rings is 1. The molecule has 0 bridgehead atoms. The van der Waals surface area contributed by atoms with Crippen LogP contribution in [0.1, 0.15) is 38.4 Å². The zero-order valence-corrected chi connectivity index (χ0v) is 13.0. The third kappa shape index (κ3) is 3.81. The van der Waals surface area contributed by atoms with E-state index in [0.717, 1.165) is 12.0 Å². The topological polar surface area (TPSA) is 46.6 Å². The second-order valence-corrected chi connectivity index (χ2v) is 7.42. The average Bonchev–Trinajstić information content (AvgIpc) is 2.45. The summed E-state index contributed by atoms with van der Waals surface area (Å²) in [5.41, 5.74) is 1.04.